The Labute approximate surface area is 109 Å². The second-order valence-corrected chi connectivity index (χ2v) is 4.51. The van der Waals surface area contributed by atoms with Crippen LogP contribution in [-0.2, 0) is 0 Å². The highest BCUT2D eigenvalue weighted by atomic mass is 16.2. The number of imidazole rings is 1. The molecule has 1 saturated heterocycles. The number of H-pyrrole nitrogens is 2. The number of aromatic nitrogens is 2. The number of hydrogen-bond acceptors (Lipinski definition) is 3. The van der Waals surface area contributed by atoms with Crippen molar-refractivity contribution in [1.82, 2.24) is 20.2 Å². The maximum absolute atomic E-state index is 12.0. The van der Waals surface area contributed by atoms with Crippen molar-refractivity contribution in [1.29, 1.82) is 0 Å². The van der Waals surface area contributed by atoms with Crippen LogP contribution in [0.15, 0.2) is 23.0 Å². The third-order valence-corrected chi connectivity index (χ3v) is 3.17. The van der Waals surface area contributed by atoms with Gasteiger partial charge in [0.25, 0.3) is 0 Å². The van der Waals surface area contributed by atoms with Crippen LogP contribution in [-0.4, -0.2) is 47.1 Å². The smallest absolute Gasteiger partial charge is 0.322 e. The zero-order chi connectivity index (χ0) is 13.2. The number of nitrogens with one attached hydrogen (secondary N) is 4. The van der Waals surface area contributed by atoms with Gasteiger partial charge >= 0.3 is 11.7 Å². The minimum atomic E-state index is -0.249. The summed E-state index contributed by atoms with van der Waals surface area (Å²) >= 11 is 0. The van der Waals surface area contributed by atoms with Crippen LogP contribution >= 0.6 is 0 Å². The number of carbonyl (C=O) groups excluding carboxylic acids is 1. The van der Waals surface area contributed by atoms with Gasteiger partial charge in [0.1, 0.15) is 0 Å². The van der Waals surface area contributed by atoms with Gasteiger partial charge in [-0.15, -0.1) is 0 Å². The molecular formula is C12H15N5O2. The van der Waals surface area contributed by atoms with Crippen molar-refractivity contribution < 1.29 is 4.79 Å². The van der Waals surface area contributed by atoms with Gasteiger partial charge in [0.15, 0.2) is 0 Å². The lowest BCUT2D eigenvalue weighted by molar-refractivity contribution is 0.204. The number of aromatic amines is 2. The fourth-order valence-corrected chi connectivity index (χ4v) is 2.18. The van der Waals surface area contributed by atoms with E-state index in [1.165, 1.54) is 0 Å². The van der Waals surface area contributed by atoms with Gasteiger partial charge in [0.2, 0.25) is 0 Å². The Hall–Kier alpha value is -2.28. The molecule has 0 saturated carbocycles. The third kappa shape index (κ3) is 2.45. The molecule has 7 heteroatoms. The number of amides is 2. The summed E-state index contributed by atoms with van der Waals surface area (Å²) in [5.41, 5.74) is 1.83. The van der Waals surface area contributed by atoms with E-state index in [1.54, 1.807) is 23.1 Å². The molecule has 0 bridgehead atoms. The Morgan fingerprint density at radius 1 is 1.16 bits per heavy atom. The summed E-state index contributed by atoms with van der Waals surface area (Å²) < 4.78 is 0. The van der Waals surface area contributed by atoms with E-state index in [4.69, 9.17) is 0 Å². The molecule has 1 aliphatic heterocycles. The van der Waals surface area contributed by atoms with Crippen LogP contribution in [0.2, 0.25) is 0 Å². The number of piperazine rings is 1. The number of fused-ring (bicyclic) bond motifs is 1. The first-order chi connectivity index (χ1) is 9.22. The molecule has 0 atom stereocenters. The maximum atomic E-state index is 12.0. The summed E-state index contributed by atoms with van der Waals surface area (Å²) in [6, 6.07) is 5.17. The third-order valence-electron chi connectivity index (χ3n) is 3.17. The Bertz CT molecular complexity index is 653. The van der Waals surface area contributed by atoms with E-state index >= 15 is 0 Å². The number of nitrogens with zero attached hydrogens (tertiary/aromatic N) is 1. The molecule has 100 valence electrons. The summed E-state index contributed by atoms with van der Waals surface area (Å²) in [4.78, 5) is 30.3. The highest BCUT2D eigenvalue weighted by molar-refractivity contribution is 5.91. The van der Waals surface area contributed by atoms with E-state index in [2.05, 4.69) is 20.6 Å². The number of anilines is 1. The zero-order valence-electron chi connectivity index (χ0n) is 10.3. The molecular weight excluding hydrogens is 246 g/mol. The lowest BCUT2D eigenvalue weighted by atomic mass is 10.3. The highest BCUT2D eigenvalue weighted by Gasteiger charge is 2.16. The zero-order valence-corrected chi connectivity index (χ0v) is 10.3. The molecule has 1 aromatic heterocycles. The number of benzene rings is 1. The first-order valence-electron chi connectivity index (χ1n) is 6.21. The summed E-state index contributed by atoms with van der Waals surface area (Å²) in [5, 5.41) is 6.03. The Morgan fingerprint density at radius 2 is 1.89 bits per heavy atom. The lowest BCUT2D eigenvalue weighted by Crippen LogP contribution is -2.48. The summed E-state index contributed by atoms with van der Waals surface area (Å²) in [6.45, 7) is 3.04. The van der Waals surface area contributed by atoms with E-state index in [9.17, 15) is 9.59 Å². The van der Waals surface area contributed by atoms with Crippen molar-refractivity contribution in [2.45, 2.75) is 0 Å². The Balaban J connectivity index is 1.76. The molecule has 2 aromatic rings. The Morgan fingerprint density at radius 3 is 2.68 bits per heavy atom. The fourth-order valence-electron chi connectivity index (χ4n) is 2.18. The van der Waals surface area contributed by atoms with Crippen LogP contribution < -0.4 is 16.3 Å². The van der Waals surface area contributed by atoms with Crippen molar-refractivity contribution in [3.05, 3.63) is 28.7 Å². The minimum absolute atomic E-state index is 0.112. The van der Waals surface area contributed by atoms with Gasteiger partial charge in [-0.25, -0.2) is 9.59 Å². The van der Waals surface area contributed by atoms with E-state index in [1.807, 2.05) is 0 Å². The molecule has 1 aliphatic rings. The number of urea groups is 1. The maximum Gasteiger partial charge on any atom is 0.323 e. The normalized spacial score (nSPS) is 15.7. The molecule has 19 heavy (non-hydrogen) atoms. The Kier molecular flexibility index (Phi) is 2.96. The lowest BCUT2D eigenvalue weighted by Gasteiger charge is -2.27. The predicted molar refractivity (Wildman–Crippen MR) is 72.4 cm³/mol. The second-order valence-electron chi connectivity index (χ2n) is 4.51. The number of rotatable bonds is 1. The van der Waals surface area contributed by atoms with Crippen LogP contribution in [0.4, 0.5) is 10.5 Å². The molecule has 7 nitrogen and oxygen atoms in total. The van der Waals surface area contributed by atoms with Gasteiger partial charge in [0.05, 0.1) is 11.0 Å². The molecule has 1 fully saturated rings. The second kappa shape index (κ2) is 4.77. The van der Waals surface area contributed by atoms with E-state index < -0.39 is 0 Å². The molecule has 0 aliphatic carbocycles. The monoisotopic (exact) mass is 261 g/mol. The number of carbonyl (C=O) groups is 1. The van der Waals surface area contributed by atoms with Crippen LogP contribution in [0.3, 0.4) is 0 Å². The van der Waals surface area contributed by atoms with Crippen molar-refractivity contribution in [2.75, 3.05) is 31.5 Å². The van der Waals surface area contributed by atoms with Crippen LogP contribution in [0.5, 0.6) is 0 Å². The molecule has 3 rings (SSSR count). The SMILES string of the molecule is O=C(Nc1ccc2[nH]c(=O)[nH]c2c1)N1CCNCC1. The van der Waals surface area contributed by atoms with Gasteiger partial charge in [0, 0.05) is 31.9 Å². The quantitative estimate of drug-likeness (QED) is 0.594. The van der Waals surface area contributed by atoms with Gasteiger partial charge in [-0.1, -0.05) is 0 Å². The molecule has 2 heterocycles. The summed E-state index contributed by atoms with van der Waals surface area (Å²) in [5.74, 6) is 0. The van der Waals surface area contributed by atoms with Crippen molar-refractivity contribution in [3.8, 4) is 0 Å². The van der Waals surface area contributed by atoms with Crippen LogP contribution in [0.25, 0.3) is 11.0 Å². The fraction of sp³-hybridized carbons (Fsp3) is 0.333. The van der Waals surface area contributed by atoms with E-state index in [-0.39, 0.29) is 11.7 Å². The van der Waals surface area contributed by atoms with Crippen LogP contribution in [0, 0.1) is 0 Å². The van der Waals surface area contributed by atoms with E-state index in [0.29, 0.717) is 24.3 Å². The largest absolute Gasteiger partial charge is 0.323 e. The average molecular weight is 261 g/mol. The van der Waals surface area contributed by atoms with Gasteiger partial charge in [-0.3, -0.25) is 0 Å². The van der Waals surface area contributed by atoms with Gasteiger partial charge in [-0.2, -0.15) is 0 Å². The molecule has 0 spiro atoms. The van der Waals surface area contributed by atoms with Crippen molar-refractivity contribution in [2.24, 2.45) is 0 Å². The minimum Gasteiger partial charge on any atom is -0.322 e. The average Bonchev–Trinajstić information content (AvgIpc) is 2.79. The van der Waals surface area contributed by atoms with Gasteiger partial charge < -0.3 is 25.5 Å². The number of hydrogen-bond donors (Lipinski definition) is 4. The molecule has 4 N–H and O–H groups in total. The first-order valence-corrected chi connectivity index (χ1v) is 6.21. The standard InChI is InChI=1S/C12H15N5O2/c18-11-15-9-2-1-8(7-10(9)16-11)14-12(19)17-5-3-13-4-6-17/h1-2,7,13H,3-6H2,(H,14,19)(H2,15,16,18). The molecule has 0 radical (unpaired) electrons. The topological polar surface area (TPSA) is 93.0 Å². The van der Waals surface area contributed by atoms with Crippen molar-refractivity contribution in [3.63, 3.8) is 0 Å². The van der Waals surface area contributed by atoms with Crippen molar-refractivity contribution >= 4 is 22.8 Å². The predicted octanol–water partition coefficient (Wildman–Crippen LogP) is 0.293. The van der Waals surface area contributed by atoms with E-state index in [0.717, 1.165) is 18.6 Å². The summed E-state index contributed by atoms with van der Waals surface area (Å²) in [6.07, 6.45) is 0. The highest BCUT2D eigenvalue weighted by Crippen LogP contribution is 2.15. The van der Waals surface area contributed by atoms with Gasteiger partial charge in [-0.05, 0) is 18.2 Å². The molecule has 2 amide bonds. The van der Waals surface area contributed by atoms with Crippen LogP contribution in [0.1, 0.15) is 0 Å². The first kappa shape index (κ1) is 11.8. The summed E-state index contributed by atoms with van der Waals surface area (Å²) in [7, 11) is 0. The molecule has 0 unspecified atom stereocenters. The molecule has 1 aromatic carbocycles.